The van der Waals surface area contributed by atoms with Crippen LogP contribution in [0.5, 0.6) is 0 Å². The first kappa shape index (κ1) is 12.8. The van der Waals surface area contributed by atoms with E-state index in [1.165, 1.54) is 12.1 Å². The van der Waals surface area contributed by atoms with Crippen LogP contribution in [-0.2, 0) is 0 Å². The fourth-order valence-corrected chi connectivity index (χ4v) is 1.87. The first-order valence-corrected chi connectivity index (χ1v) is 6.44. The second-order valence-electron chi connectivity index (χ2n) is 4.85. The molecular formula is C14H14F2N4. The highest BCUT2D eigenvalue weighted by Crippen LogP contribution is 2.26. The number of hydrogen-bond acceptors (Lipinski definition) is 4. The summed E-state index contributed by atoms with van der Waals surface area (Å²) >= 11 is 0. The van der Waals surface area contributed by atoms with E-state index in [-0.39, 0.29) is 5.69 Å². The zero-order chi connectivity index (χ0) is 14.1. The molecule has 1 saturated carbocycles. The number of nitrogens with one attached hydrogen (secondary N) is 2. The van der Waals surface area contributed by atoms with Crippen LogP contribution >= 0.6 is 0 Å². The van der Waals surface area contributed by atoms with Crippen LogP contribution in [0.15, 0.2) is 24.3 Å². The van der Waals surface area contributed by atoms with E-state index >= 15 is 0 Å². The van der Waals surface area contributed by atoms with Gasteiger partial charge in [0.15, 0.2) is 0 Å². The van der Waals surface area contributed by atoms with Crippen molar-refractivity contribution in [2.75, 3.05) is 10.6 Å². The van der Waals surface area contributed by atoms with Crippen molar-refractivity contribution >= 4 is 17.3 Å². The summed E-state index contributed by atoms with van der Waals surface area (Å²) in [6.45, 7) is 1.77. The summed E-state index contributed by atoms with van der Waals surface area (Å²) in [4.78, 5) is 8.47. The second-order valence-corrected chi connectivity index (χ2v) is 4.85. The summed E-state index contributed by atoms with van der Waals surface area (Å²) in [5.41, 5.74) is 0.182. The molecule has 0 radical (unpaired) electrons. The Balaban J connectivity index is 1.83. The topological polar surface area (TPSA) is 49.8 Å². The van der Waals surface area contributed by atoms with Crippen LogP contribution in [0.3, 0.4) is 0 Å². The van der Waals surface area contributed by atoms with E-state index in [9.17, 15) is 8.78 Å². The first-order valence-electron chi connectivity index (χ1n) is 6.44. The standard InChI is InChI=1S/C14H14F2N4/c1-8-17-13(19-10-3-4-10)7-14(18-8)20-12-5-2-9(15)6-11(12)16/h2,5-7,10H,3-4H2,1H3,(H2,17,18,19,20). The maximum absolute atomic E-state index is 13.6. The van der Waals surface area contributed by atoms with Gasteiger partial charge in [0, 0.05) is 18.2 Å². The molecule has 104 valence electrons. The van der Waals surface area contributed by atoms with Crippen molar-refractivity contribution in [2.45, 2.75) is 25.8 Å². The van der Waals surface area contributed by atoms with Crippen molar-refractivity contribution in [2.24, 2.45) is 0 Å². The molecule has 1 aliphatic carbocycles. The highest BCUT2D eigenvalue weighted by Gasteiger charge is 2.21. The van der Waals surface area contributed by atoms with Crippen LogP contribution in [0.4, 0.5) is 26.1 Å². The van der Waals surface area contributed by atoms with Gasteiger partial charge in [0.1, 0.15) is 29.1 Å². The van der Waals surface area contributed by atoms with E-state index in [0.717, 1.165) is 18.9 Å². The van der Waals surface area contributed by atoms with Crippen LogP contribution in [0.1, 0.15) is 18.7 Å². The molecule has 6 heteroatoms. The molecule has 2 N–H and O–H groups in total. The van der Waals surface area contributed by atoms with E-state index in [1.807, 2.05) is 0 Å². The van der Waals surface area contributed by atoms with E-state index in [1.54, 1.807) is 13.0 Å². The lowest BCUT2D eigenvalue weighted by atomic mass is 10.3. The summed E-state index contributed by atoms with van der Waals surface area (Å²) < 4.78 is 26.5. The molecule has 0 unspecified atom stereocenters. The molecule has 20 heavy (non-hydrogen) atoms. The summed E-state index contributed by atoms with van der Waals surface area (Å²) in [5.74, 6) is 0.512. The quantitative estimate of drug-likeness (QED) is 0.898. The molecule has 0 saturated heterocycles. The summed E-state index contributed by atoms with van der Waals surface area (Å²) in [6, 6.07) is 5.56. The van der Waals surface area contributed by atoms with Crippen LogP contribution in [0.2, 0.25) is 0 Å². The molecule has 0 bridgehead atoms. The van der Waals surface area contributed by atoms with Crippen LogP contribution in [0, 0.1) is 18.6 Å². The molecule has 1 aromatic heterocycles. The first-order chi connectivity index (χ1) is 9.60. The highest BCUT2D eigenvalue weighted by atomic mass is 19.1. The van der Waals surface area contributed by atoms with Crippen molar-refractivity contribution in [3.63, 3.8) is 0 Å². The predicted molar refractivity (Wildman–Crippen MR) is 73.1 cm³/mol. The Hall–Kier alpha value is -2.24. The van der Waals surface area contributed by atoms with Gasteiger partial charge in [-0.15, -0.1) is 0 Å². The summed E-state index contributed by atoms with van der Waals surface area (Å²) in [5, 5.41) is 6.10. The predicted octanol–water partition coefficient (Wildman–Crippen LogP) is 3.38. The average molecular weight is 276 g/mol. The second kappa shape index (κ2) is 5.03. The Morgan fingerprint density at radius 1 is 1.10 bits per heavy atom. The van der Waals surface area contributed by atoms with Crippen LogP contribution in [0.25, 0.3) is 0 Å². The summed E-state index contributed by atoms with van der Waals surface area (Å²) in [7, 11) is 0. The molecule has 2 aromatic rings. The van der Waals surface area contributed by atoms with Crippen LogP contribution < -0.4 is 10.6 Å². The van der Waals surface area contributed by atoms with Gasteiger partial charge in [-0.1, -0.05) is 0 Å². The molecule has 0 spiro atoms. The zero-order valence-corrected chi connectivity index (χ0v) is 11.0. The number of rotatable bonds is 4. The molecule has 0 amide bonds. The van der Waals surface area contributed by atoms with Crippen molar-refractivity contribution < 1.29 is 8.78 Å². The monoisotopic (exact) mass is 276 g/mol. The van der Waals surface area contributed by atoms with Gasteiger partial charge in [0.2, 0.25) is 0 Å². The minimum absolute atomic E-state index is 0.182. The van der Waals surface area contributed by atoms with Crippen molar-refractivity contribution in [3.05, 3.63) is 41.7 Å². The number of aromatic nitrogens is 2. The number of benzene rings is 1. The Labute approximate surface area is 115 Å². The van der Waals surface area contributed by atoms with Crippen molar-refractivity contribution in [1.82, 2.24) is 9.97 Å². The number of anilines is 3. The SMILES string of the molecule is Cc1nc(Nc2ccc(F)cc2F)cc(NC2CC2)n1. The van der Waals surface area contributed by atoms with Gasteiger partial charge < -0.3 is 10.6 Å². The van der Waals surface area contributed by atoms with E-state index in [4.69, 9.17) is 0 Å². The summed E-state index contributed by atoms with van der Waals surface area (Å²) in [6.07, 6.45) is 2.27. The van der Waals surface area contributed by atoms with Crippen molar-refractivity contribution in [3.8, 4) is 0 Å². The molecule has 3 rings (SSSR count). The third-order valence-electron chi connectivity index (χ3n) is 2.96. The van der Waals surface area contributed by atoms with Gasteiger partial charge in [-0.05, 0) is 31.9 Å². The van der Waals surface area contributed by atoms with Gasteiger partial charge >= 0.3 is 0 Å². The Bertz CT molecular complexity index is 641. The molecule has 4 nitrogen and oxygen atoms in total. The lowest BCUT2D eigenvalue weighted by Crippen LogP contribution is -2.06. The zero-order valence-electron chi connectivity index (χ0n) is 11.0. The lowest BCUT2D eigenvalue weighted by Gasteiger charge is -2.10. The smallest absolute Gasteiger partial charge is 0.149 e. The Morgan fingerprint density at radius 2 is 1.85 bits per heavy atom. The third kappa shape index (κ3) is 3.01. The van der Waals surface area contributed by atoms with E-state index in [2.05, 4.69) is 20.6 Å². The Kier molecular flexibility index (Phi) is 3.22. The minimum Gasteiger partial charge on any atom is -0.367 e. The maximum Gasteiger partial charge on any atom is 0.149 e. The molecule has 1 aliphatic rings. The fourth-order valence-electron chi connectivity index (χ4n) is 1.87. The van der Waals surface area contributed by atoms with Gasteiger partial charge in [-0.3, -0.25) is 0 Å². The molecule has 1 aromatic carbocycles. The minimum atomic E-state index is -0.655. The number of aryl methyl sites for hydroxylation is 1. The fraction of sp³-hybridized carbons (Fsp3) is 0.286. The molecular weight excluding hydrogens is 262 g/mol. The highest BCUT2D eigenvalue weighted by molar-refractivity contribution is 5.60. The number of nitrogens with zero attached hydrogens (tertiary/aromatic N) is 2. The molecule has 0 aliphatic heterocycles. The number of halogens is 2. The molecule has 1 fully saturated rings. The van der Waals surface area contributed by atoms with Gasteiger partial charge in [-0.25, -0.2) is 18.7 Å². The van der Waals surface area contributed by atoms with E-state index in [0.29, 0.717) is 23.5 Å². The Morgan fingerprint density at radius 3 is 2.55 bits per heavy atom. The molecule has 0 atom stereocenters. The van der Waals surface area contributed by atoms with E-state index < -0.39 is 11.6 Å². The normalized spacial score (nSPS) is 14.2. The van der Waals surface area contributed by atoms with Crippen molar-refractivity contribution in [1.29, 1.82) is 0 Å². The van der Waals surface area contributed by atoms with Crippen LogP contribution in [-0.4, -0.2) is 16.0 Å². The maximum atomic E-state index is 13.6. The number of hydrogen-bond donors (Lipinski definition) is 2. The molecule has 1 heterocycles. The lowest BCUT2D eigenvalue weighted by molar-refractivity contribution is 0.586. The third-order valence-corrected chi connectivity index (χ3v) is 2.96. The van der Waals surface area contributed by atoms with Gasteiger partial charge in [-0.2, -0.15) is 0 Å². The average Bonchev–Trinajstić information content (AvgIpc) is 3.16. The van der Waals surface area contributed by atoms with Gasteiger partial charge in [0.05, 0.1) is 5.69 Å². The van der Waals surface area contributed by atoms with Gasteiger partial charge in [0.25, 0.3) is 0 Å². The largest absolute Gasteiger partial charge is 0.367 e.